The molecule has 1 unspecified atom stereocenters. The third-order valence-corrected chi connectivity index (χ3v) is 5.04. The fraction of sp³-hybridized carbons (Fsp3) is 0.750. The third kappa shape index (κ3) is 6.19. The van der Waals surface area contributed by atoms with Crippen LogP contribution in [0.2, 0.25) is 0 Å². The Balaban J connectivity index is 0.00000264. The standard InChI is InChI=1S/C16H28N4OS.HI/c1-5-21-10-13-6-7-20(9-13)16(17-4)18-8-14-11-22-15(19-14)12(2)3;/h11-13H,5-10H2,1-4H3,(H,17,18);1H. The maximum Gasteiger partial charge on any atom is 0.193 e. The highest BCUT2D eigenvalue weighted by molar-refractivity contribution is 14.0. The van der Waals surface area contributed by atoms with Crippen LogP contribution in [0.25, 0.3) is 0 Å². The SMILES string of the molecule is CCOCC1CCN(C(=NC)NCc2csc(C(C)C)n2)C1.I. The molecule has 1 N–H and O–H groups in total. The summed E-state index contributed by atoms with van der Waals surface area (Å²) in [4.78, 5) is 11.4. The molecule has 5 nitrogen and oxygen atoms in total. The normalized spacial score (nSPS) is 18.4. The molecule has 1 saturated heterocycles. The first-order chi connectivity index (χ1) is 10.6. The number of thiazole rings is 1. The second-order valence-corrected chi connectivity index (χ2v) is 6.88. The monoisotopic (exact) mass is 452 g/mol. The first-order valence-electron chi connectivity index (χ1n) is 8.11. The molecule has 1 aliphatic heterocycles. The molecule has 0 radical (unpaired) electrons. The van der Waals surface area contributed by atoms with E-state index in [-0.39, 0.29) is 24.0 Å². The molecule has 1 aromatic rings. The van der Waals surface area contributed by atoms with Crippen LogP contribution in [-0.4, -0.2) is 49.2 Å². The minimum absolute atomic E-state index is 0. The fourth-order valence-electron chi connectivity index (χ4n) is 2.62. The van der Waals surface area contributed by atoms with Crippen molar-refractivity contribution < 1.29 is 4.74 Å². The van der Waals surface area contributed by atoms with Crippen LogP contribution in [0, 0.1) is 5.92 Å². The Morgan fingerprint density at radius 1 is 1.57 bits per heavy atom. The largest absolute Gasteiger partial charge is 0.381 e. The van der Waals surface area contributed by atoms with Crippen molar-refractivity contribution in [2.24, 2.45) is 10.9 Å². The number of rotatable bonds is 6. The van der Waals surface area contributed by atoms with Crippen LogP contribution in [0.1, 0.15) is 43.8 Å². The summed E-state index contributed by atoms with van der Waals surface area (Å²) >= 11 is 1.74. The van der Waals surface area contributed by atoms with Gasteiger partial charge >= 0.3 is 0 Å². The van der Waals surface area contributed by atoms with Crippen LogP contribution in [-0.2, 0) is 11.3 Å². The van der Waals surface area contributed by atoms with E-state index >= 15 is 0 Å². The zero-order valence-corrected chi connectivity index (χ0v) is 17.7. The van der Waals surface area contributed by atoms with E-state index < -0.39 is 0 Å². The van der Waals surface area contributed by atoms with Crippen molar-refractivity contribution in [1.82, 2.24) is 15.2 Å². The van der Waals surface area contributed by atoms with Crippen LogP contribution in [0.3, 0.4) is 0 Å². The second kappa shape index (κ2) is 10.5. The average molecular weight is 452 g/mol. The Labute approximate surface area is 160 Å². The number of likely N-dealkylation sites (tertiary alicyclic amines) is 1. The summed E-state index contributed by atoms with van der Waals surface area (Å²) in [5.41, 5.74) is 1.10. The number of nitrogens with zero attached hydrogens (tertiary/aromatic N) is 3. The molecule has 132 valence electrons. The van der Waals surface area contributed by atoms with Crippen molar-refractivity contribution in [1.29, 1.82) is 0 Å². The summed E-state index contributed by atoms with van der Waals surface area (Å²) < 4.78 is 5.54. The van der Waals surface area contributed by atoms with E-state index in [9.17, 15) is 0 Å². The summed E-state index contributed by atoms with van der Waals surface area (Å²) in [7, 11) is 1.85. The van der Waals surface area contributed by atoms with E-state index in [1.165, 1.54) is 11.4 Å². The molecule has 23 heavy (non-hydrogen) atoms. The van der Waals surface area contributed by atoms with E-state index in [0.29, 0.717) is 11.8 Å². The number of guanidine groups is 1. The van der Waals surface area contributed by atoms with Gasteiger partial charge in [-0.1, -0.05) is 13.8 Å². The molecule has 0 aliphatic carbocycles. The van der Waals surface area contributed by atoms with Crippen molar-refractivity contribution in [3.63, 3.8) is 0 Å². The zero-order valence-electron chi connectivity index (χ0n) is 14.5. The number of nitrogens with one attached hydrogen (secondary N) is 1. The van der Waals surface area contributed by atoms with Crippen molar-refractivity contribution in [2.75, 3.05) is 33.4 Å². The highest BCUT2D eigenvalue weighted by Gasteiger charge is 2.24. The summed E-state index contributed by atoms with van der Waals surface area (Å²) in [6, 6.07) is 0. The lowest BCUT2D eigenvalue weighted by molar-refractivity contribution is 0.114. The van der Waals surface area contributed by atoms with Gasteiger partial charge in [0, 0.05) is 44.0 Å². The van der Waals surface area contributed by atoms with Gasteiger partial charge in [-0.05, 0) is 13.3 Å². The zero-order chi connectivity index (χ0) is 15.9. The van der Waals surface area contributed by atoms with Gasteiger partial charge in [-0.3, -0.25) is 4.99 Å². The van der Waals surface area contributed by atoms with Gasteiger partial charge in [0.2, 0.25) is 0 Å². The number of halogens is 1. The summed E-state index contributed by atoms with van der Waals surface area (Å²) in [5, 5.41) is 6.77. The van der Waals surface area contributed by atoms with Crippen molar-refractivity contribution in [3.05, 3.63) is 16.1 Å². The summed E-state index contributed by atoms with van der Waals surface area (Å²) in [5.74, 6) is 2.08. The molecule has 7 heteroatoms. The number of hydrogen-bond acceptors (Lipinski definition) is 4. The van der Waals surface area contributed by atoms with Crippen LogP contribution >= 0.6 is 35.3 Å². The van der Waals surface area contributed by atoms with Gasteiger partial charge in [0.1, 0.15) is 0 Å². The van der Waals surface area contributed by atoms with Gasteiger partial charge in [-0.2, -0.15) is 0 Å². The Kier molecular flexibility index (Phi) is 9.38. The Hall–Kier alpha value is -0.410. The number of hydrogen-bond donors (Lipinski definition) is 1. The van der Waals surface area contributed by atoms with E-state index in [1.807, 2.05) is 14.0 Å². The Bertz CT molecular complexity index is 492. The van der Waals surface area contributed by atoms with Crippen molar-refractivity contribution >= 4 is 41.3 Å². The molecule has 0 spiro atoms. The van der Waals surface area contributed by atoms with Crippen LogP contribution in [0.5, 0.6) is 0 Å². The number of ether oxygens (including phenoxy) is 1. The lowest BCUT2D eigenvalue weighted by Gasteiger charge is -2.21. The van der Waals surface area contributed by atoms with Crippen LogP contribution < -0.4 is 5.32 Å². The van der Waals surface area contributed by atoms with E-state index in [2.05, 4.69) is 39.4 Å². The van der Waals surface area contributed by atoms with Gasteiger partial charge < -0.3 is 15.0 Å². The smallest absolute Gasteiger partial charge is 0.193 e. The minimum Gasteiger partial charge on any atom is -0.381 e. The van der Waals surface area contributed by atoms with Crippen molar-refractivity contribution in [3.8, 4) is 0 Å². The van der Waals surface area contributed by atoms with E-state index in [4.69, 9.17) is 4.74 Å². The van der Waals surface area contributed by atoms with Crippen LogP contribution in [0.15, 0.2) is 10.4 Å². The third-order valence-electron chi connectivity index (χ3n) is 3.85. The maximum atomic E-state index is 5.54. The lowest BCUT2D eigenvalue weighted by Crippen LogP contribution is -2.39. The number of aromatic nitrogens is 1. The van der Waals surface area contributed by atoms with Gasteiger partial charge in [0.25, 0.3) is 0 Å². The van der Waals surface area contributed by atoms with Gasteiger partial charge in [0.05, 0.1) is 23.9 Å². The molecule has 0 bridgehead atoms. The fourth-order valence-corrected chi connectivity index (χ4v) is 3.45. The molecule has 1 aromatic heterocycles. The quantitative estimate of drug-likeness (QED) is 0.409. The second-order valence-electron chi connectivity index (χ2n) is 5.99. The molecule has 1 aliphatic rings. The Morgan fingerprint density at radius 3 is 2.96 bits per heavy atom. The number of aliphatic imine (C=N–C) groups is 1. The maximum absolute atomic E-state index is 5.54. The molecular weight excluding hydrogens is 423 g/mol. The first-order valence-corrected chi connectivity index (χ1v) is 8.99. The highest BCUT2D eigenvalue weighted by atomic mass is 127. The minimum atomic E-state index is 0. The molecular formula is C16H29IN4OS. The molecule has 0 saturated carbocycles. The molecule has 1 atom stereocenters. The van der Waals surface area contributed by atoms with E-state index in [1.54, 1.807) is 11.3 Å². The van der Waals surface area contributed by atoms with Gasteiger partial charge in [-0.25, -0.2) is 4.98 Å². The van der Waals surface area contributed by atoms with Gasteiger partial charge in [0.15, 0.2) is 5.96 Å². The molecule has 2 heterocycles. The van der Waals surface area contributed by atoms with Crippen molar-refractivity contribution in [2.45, 2.75) is 39.7 Å². The lowest BCUT2D eigenvalue weighted by atomic mass is 10.1. The van der Waals surface area contributed by atoms with Crippen LogP contribution in [0.4, 0.5) is 0 Å². The van der Waals surface area contributed by atoms with Gasteiger partial charge in [-0.15, -0.1) is 35.3 Å². The first kappa shape index (κ1) is 20.6. The predicted octanol–water partition coefficient (Wildman–Crippen LogP) is 3.32. The summed E-state index contributed by atoms with van der Waals surface area (Å²) in [6.45, 7) is 10.9. The summed E-state index contributed by atoms with van der Waals surface area (Å²) in [6.07, 6.45) is 1.18. The highest BCUT2D eigenvalue weighted by Crippen LogP contribution is 2.19. The predicted molar refractivity (Wildman–Crippen MR) is 108 cm³/mol. The molecule has 0 amide bonds. The Morgan fingerprint density at radius 2 is 2.35 bits per heavy atom. The molecule has 1 fully saturated rings. The average Bonchev–Trinajstić information content (AvgIpc) is 3.15. The van der Waals surface area contributed by atoms with E-state index in [0.717, 1.165) is 44.5 Å². The topological polar surface area (TPSA) is 49.8 Å². The molecule has 0 aromatic carbocycles. The molecule has 2 rings (SSSR count).